The Labute approximate surface area is 93.5 Å². The number of ether oxygens (including phenoxy) is 1. The third-order valence-corrected chi connectivity index (χ3v) is 2.31. The van der Waals surface area contributed by atoms with Crippen LogP contribution in [0.25, 0.3) is 0 Å². The van der Waals surface area contributed by atoms with E-state index >= 15 is 0 Å². The number of hydrogen-bond donors (Lipinski definition) is 0. The molecule has 0 radical (unpaired) electrons. The van der Waals surface area contributed by atoms with Gasteiger partial charge in [0.05, 0.1) is 13.7 Å². The van der Waals surface area contributed by atoms with Crippen molar-refractivity contribution in [2.45, 2.75) is 6.54 Å². The zero-order valence-electron chi connectivity index (χ0n) is 8.96. The van der Waals surface area contributed by atoms with Gasteiger partial charge < -0.3 is 9.30 Å². The predicted molar refractivity (Wildman–Crippen MR) is 59.7 cm³/mol. The number of rotatable bonds is 4. The molecule has 0 unspecified atom stereocenters. The molecule has 0 saturated carbocycles. The molecule has 0 atom stereocenters. The first-order valence-electron chi connectivity index (χ1n) is 4.92. The van der Waals surface area contributed by atoms with E-state index in [-0.39, 0.29) is 0 Å². The highest BCUT2D eigenvalue weighted by Gasteiger charge is 2.04. The summed E-state index contributed by atoms with van der Waals surface area (Å²) in [6.07, 6.45) is 6.17. The van der Waals surface area contributed by atoms with Gasteiger partial charge in [-0.3, -0.25) is 4.79 Å². The standard InChI is InChI=1S/C12H12N2O2/c1-16-12-11(3-2-5-13-12)8-14-6-4-10(7-14)9-15/h2-7,9H,8H2,1H3. The summed E-state index contributed by atoms with van der Waals surface area (Å²) in [6, 6.07) is 5.59. The van der Waals surface area contributed by atoms with Crippen LogP contribution >= 0.6 is 0 Å². The lowest BCUT2D eigenvalue weighted by Gasteiger charge is -2.07. The summed E-state index contributed by atoms with van der Waals surface area (Å²) in [6.45, 7) is 0.644. The van der Waals surface area contributed by atoms with Crippen LogP contribution in [0.1, 0.15) is 15.9 Å². The molecule has 0 aliphatic carbocycles. The highest BCUT2D eigenvalue weighted by molar-refractivity contribution is 5.74. The number of pyridine rings is 1. The van der Waals surface area contributed by atoms with Gasteiger partial charge >= 0.3 is 0 Å². The number of carbonyl (C=O) groups is 1. The average Bonchev–Trinajstić information content (AvgIpc) is 2.77. The molecule has 2 aromatic rings. The van der Waals surface area contributed by atoms with Gasteiger partial charge in [-0.2, -0.15) is 0 Å². The molecular formula is C12H12N2O2. The number of carbonyl (C=O) groups excluding carboxylic acids is 1. The van der Waals surface area contributed by atoms with Gasteiger partial charge in [0.15, 0.2) is 6.29 Å². The molecule has 4 heteroatoms. The molecule has 0 fully saturated rings. The maximum Gasteiger partial charge on any atom is 0.218 e. The minimum atomic E-state index is 0.615. The highest BCUT2D eigenvalue weighted by Crippen LogP contribution is 2.15. The van der Waals surface area contributed by atoms with Gasteiger partial charge in [-0.25, -0.2) is 4.98 Å². The predicted octanol–water partition coefficient (Wildman–Crippen LogP) is 1.75. The minimum Gasteiger partial charge on any atom is -0.481 e. The smallest absolute Gasteiger partial charge is 0.218 e. The third-order valence-electron chi connectivity index (χ3n) is 2.31. The van der Waals surface area contributed by atoms with Gasteiger partial charge in [0.1, 0.15) is 0 Å². The molecule has 0 aliphatic heterocycles. The fraction of sp³-hybridized carbons (Fsp3) is 0.167. The Hall–Kier alpha value is -2.10. The Morgan fingerprint density at radius 2 is 2.38 bits per heavy atom. The number of methoxy groups -OCH3 is 1. The van der Waals surface area contributed by atoms with Crippen molar-refractivity contribution in [2.24, 2.45) is 0 Å². The number of aromatic nitrogens is 2. The lowest BCUT2D eigenvalue weighted by atomic mass is 10.2. The number of aldehydes is 1. The molecule has 0 amide bonds. The summed E-state index contributed by atoms with van der Waals surface area (Å²) in [4.78, 5) is 14.7. The van der Waals surface area contributed by atoms with E-state index in [9.17, 15) is 4.79 Å². The van der Waals surface area contributed by atoms with Crippen LogP contribution in [0.2, 0.25) is 0 Å². The molecule has 0 saturated heterocycles. The Morgan fingerprint density at radius 3 is 3.06 bits per heavy atom. The molecule has 82 valence electrons. The molecule has 0 aliphatic rings. The van der Waals surface area contributed by atoms with Gasteiger partial charge in [-0.05, 0) is 12.1 Å². The van der Waals surface area contributed by atoms with Crippen LogP contribution < -0.4 is 4.74 Å². The molecule has 4 nitrogen and oxygen atoms in total. The quantitative estimate of drug-likeness (QED) is 0.731. The summed E-state index contributed by atoms with van der Waals surface area (Å²) in [5.41, 5.74) is 1.65. The van der Waals surface area contributed by atoms with Crippen molar-refractivity contribution >= 4 is 6.29 Å². The maximum atomic E-state index is 10.5. The molecule has 0 spiro atoms. The fourth-order valence-electron chi connectivity index (χ4n) is 1.55. The lowest BCUT2D eigenvalue weighted by molar-refractivity contribution is 0.112. The van der Waals surface area contributed by atoms with E-state index in [0.717, 1.165) is 11.8 Å². The summed E-state index contributed by atoms with van der Waals surface area (Å²) in [5.74, 6) is 0.615. The van der Waals surface area contributed by atoms with E-state index < -0.39 is 0 Å². The Morgan fingerprint density at radius 1 is 1.50 bits per heavy atom. The van der Waals surface area contributed by atoms with Gasteiger partial charge in [-0.15, -0.1) is 0 Å². The van der Waals surface area contributed by atoms with Gasteiger partial charge in [0, 0.05) is 29.7 Å². The molecule has 2 rings (SSSR count). The van der Waals surface area contributed by atoms with Crippen LogP contribution in [0.5, 0.6) is 5.88 Å². The third kappa shape index (κ3) is 2.11. The molecule has 0 aromatic carbocycles. The molecular weight excluding hydrogens is 204 g/mol. The van der Waals surface area contributed by atoms with Gasteiger partial charge in [-0.1, -0.05) is 6.07 Å². The van der Waals surface area contributed by atoms with Crippen molar-refractivity contribution in [3.05, 3.63) is 47.9 Å². The SMILES string of the molecule is COc1ncccc1Cn1ccc(C=O)c1. The van der Waals surface area contributed by atoms with E-state index in [1.807, 2.05) is 22.9 Å². The zero-order valence-corrected chi connectivity index (χ0v) is 8.96. The molecule has 2 aromatic heterocycles. The second-order valence-corrected chi connectivity index (χ2v) is 3.41. The Kier molecular flexibility index (Phi) is 3.00. The molecule has 0 N–H and O–H groups in total. The van der Waals surface area contributed by atoms with Crippen molar-refractivity contribution in [3.8, 4) is 5.88 Å². The van der Waals surface area contributed by atoms with Gasteiger partial charge in [0.25, 0.3) is 0 Å². The van der Waals surface area contributed by atoms with E-state index in [0.29, 0.717) is 18.0 Å². The second-order valence-electron chi connectivity index (χ2n) is 3.41. The van der Waals surface area contributed by atoms with Gasteiger partial charge in [0.2, 0.25) is 5.88 Å². The maximum absolute atomic E-state index is 10.5. The van der Waals surface area contributed by atoms with Crippen LogP contribution in [-0.2, 0) is 6.54 Å². The second kappa shape index (κ2) is 4.61. The first-order chi connectivity index (χ1) is 7.83. The number of nitrogens with zero attached hydrogens (tertiary/aromatic N) is 2. The van der Waals surface area contributed by atoms with Crippen LogP contribution in [0.4, 0.5) is 0 Å². The first kappa shape index (κ1) is 10.4. The van der Waals surface area contributed by atoms with E-state index in [2.05, 4.69) is 4.98 Å². The van der Waals surface area contributed by atoms with Crippen LogP contribution in [0, 0.1) is 0 Å². The van der Waals surface area contributed by atoms with Crippen molar-refractivity contribution in [3.63, 3.8) is 0 Å². The summed E-state index contributed by atoms with van der Waals surface area (Å²) in [5, 5.41) is 0. The normalized spacial score (nSPS) is 10.1. The molecule has 16 heavy (non-hydrogen) atoms. The fourth-order valence-corrected chi connectivity index (χ4v) is 1.55. The van der Waals surface area contributed by atoms with Crippen molar-refractivity contribution < 1.29 is 9.53 Å². The first-order valence-corrected chi connectivity index (χ1v) is 4.92. The highest BCUT2D eigenvalue weighted by atomic mass is 16.5. The molecule has 0 bridgehead atoms. The minimum absolute atomic E-state index is 0.615. The summed E-state index contributed by atoms with van der Waals surface area (Å²) >= 11 is 0. The van der Waals surface area contributed by atoms with E-state index in [1.165, 1.54) is 0 Å². The Balaban J connectivity index is 2.22. The largest absolute Gasteiger partial charge is 0.481 e. The lowest BCUT2D eigenvalue weighted by Crippen LogP contribution is -2.00. The number of hydrogen-bond acceptors (Lipinski definition) is 3. The summed E-state index contributed by atoms with van der Waals surface area (Å²) < 4.78 is 7.08. The molecule has 2 heterocycles. The van der Waals surface area contributed by atoms with Crippen molar-refractivity contribution in [1.82, 2.24) is 9.55 Å². The van der Waals surface area contributed by atoms with Crippen LogP contribution in [0.3, 0.4) is 0 Å². The van der Waals surface area contributed by atoms with Crippen molar-refractivity contribution in [1.29, 1.82) is 0 Å². The van der Waals surface area contributed by atoms with Crippen LogP contribution in [0.15, 0.2) is 36.8 Å². The van der Waals surface area contributed by atoms with Crippen molar-refractivity contribution in [2.75, 3.05) is 7.11 Å². The monoisotopic (exact) mass is 216 g/mol. The van der Waals surface area contributed by atoms with E-state index in [4.69, 9.17) is 4.74 Å². The van der Waals surface area contributed by atoms with E-state index in [1.54, 1.807) is 25.6 Å². The zero-order chi connectivity index (χ0) is 11.4. The average molecular weight is 216 g/mol. The topological polar surface area (TPSA) is 44.1 Å². The summed E-state index contributed by atoms with van der Waals surface area (Å²) in [7, 11) is 1.60. The Bertz CT molecular complexity index is 491. The van der Waals surface area contributed by atoms with Crippen LogP contribution in [-0.4, -0.2) is 22.9 Å².